The summed E-state index contributed by atoms with van der Waals surface area (Å²) in [6.07, 6.45) is 3.53. The Morgan fingerprint density at radius 1 is 1.12 bits per heavy atom. The van der Waals surface area contributed by atoms with Crippen molar-refractivity contribution in [2.75, 3.05) is 5.32 Å². The first-order valence-corrected chi connectivity index (χ1v) is 7.45. The Bertz CT molecular complexity index is 902. The molecular formula is C18H16N4O2. The summed E-state index contributed by atoms with van der Waals surface area (Å²) in [5.41, 5.74) is 3.02. The highest BCUT2D eigenvalue weighted by atomic mass is 16.1. The fourth-order valence-corrected chi connectivity index (χ4v) is 2.28. The van der Waals surface area contributed by atoms with Gasteiger partial charge in [0, 0.05) is 24.9 Å². The number of anilines is 1. The molecule has 24 heavy (non-hydrogen) atoms. The maximum atomic E-state index is 12.0. The van der Waals surface area contributed by atoms with Crippen LogP contribution < -0.4 is 10.9 Å². The molecule has 2 aromatic heterocycles. The first kappa shape index (κ1) is 15.6. The molecule has 0 aliphatic carbocycles. The van der Waals surface area contributed by atoms with Crippen molar-refractivity contribution in [3.8, 4) is 11.3 Å². The van der Waals surface area contributed by atoms with E-state index in [0.717, 1.165) is 11.1 Å². The van der Waals surface area contributed by atoms with Crippen LogP contribution in [0.1, 0.15) is 5.56 Å². The first-order valence-electron chi connectivity index (χ1n) is 7.45. The van der Waals surface area contributed by atoms with E-state index in [9.17, 15) is 9.59 Å². The summed E-state index contributed by atoms with van der Waals surface area (Å²) in [6.45, 7) is 0. The minimum Gasteiger partial charge on any atom is -0.324 e. The standard InChI is InChI=1S/C18H16N4O2/c1-22-18(24)9-8-16(21-22)14-6-4-13(5-7-14)11-17(23)20-15-3-2-10-19-12-15/h2-10,12H,11H2,1H3,(H,20,23). The van der Waals surface area contributed by atoms with Crippen molar-refractivity contribution in [3.05, 3.63) is 76.8 Å². The molecule has 0 atom stereocenters. The lowest BCUT2D eigenvalue weighted by Gasteiger charge is -2.06. The maximum Gasteiger partial charge on any atom is 0.266 e. The highest BCUT2D eigenvalue weighted by Crippen LogP contribution is 2.16. The summed E-state index contributed by atoms with van der Waals surface area (Å²) >= 11 is 0. The van der Waals surface area contributed by atoms with E-state index in [1.807, 2.05) is 24.3 Å². The van der Waals surface area contributed by atoms with Crippen LogP contribution in [0.15, 0.2) is 65.7 Å². The number of rotatable bonds is 4. The topological polar surface area (TPSA) is 76.9 Å². The lowest BCUT2D eigenvalue weighted by atomic mass is 10.1. The molecule has 0 saturated carbocycles. The van der Waals surface area contributed by atoms with Gasteiger partial charge in [-0.15, -0.1) is 0 Å². The number of nitrogens with one attached hydrogen (secondary N) is 1. The second kappa shape index (κ2) is 6.87. The number of carbonyl (C=O) groups excluding carboxylic acids is 1. The van der Waals surface area contributed by atoms with Gasteiger partial charge in [0.1, 0.15) is 0 Å². The SMILES string of the molecule is Cn1nc(-c2ccc(CC(=O)Nc3cccnc3)cc2)ccc1=O. The average molecular weight is 320 g/mol. The van der Waals surface area contributed by atoms with Crippen LogP contribution in [0.4, 0.5) is 5.69 Å². The van der Waals surface area contributed by atoms with E-state index >= 15 is 0 Å². The predicted octanol–water partition coefficient (Wildman–Crippen LogP) is 2.02. The van der Waals surface area contributed by atoms with Crippen molar-refractivity contribution in [1.82, 2.24) is 14.8 Å². The molecule has 2 heterocycles. The van der Waals surface area contributed by atoms with Gasteiger partial charge in [0.15, 0.2) is 0 Å². The van der Waals surface area contributed by atoms with Gasteiger partial charge in [0.2, 0.25) is 5.91 Å². The first-order chi connectivity index (χ1) is 11.6. The summed E-state index contributed by atoms with van der Waals surface area (Å²) < 4.78 is 1.30. The lowest BCUT2D eigenvalue weighted by molar-refractivity contribution is -0.115. The number of amides is 1. The number of benzene rings is 1. The van der Waals surface area contributed by atoms with Crippen molar-refractivity contribution < 1.29 is 4.79 Å². The van der Waals surface area contributed by atoms with Crippen LogP contribution in [0.2, 0.25) is 0 Å². The second-order valence-electron chi connectivity index (χ2n) is 5.34. The molecule has 0 bridgehead atoms. The molecule has 0 aliphatic rings. The van der Waals surface area contributed by atoms with E-state index in [1.165, 1.54) is 10.7 Å². The number of aromatic nitrogens is 3. The van der Waals surface area contributed by atoms with Gasteiger partial charge in [-0.05, 0) is 23.8 Å². The van der Waals surface area contributed by atoms with Crippen LogP contribution in [-0.4, -0.2) is 20.7 Å². The number of hydrogen-bond acceptors (Lipinski definition) is 4. The Balaban J connectivity index is 1.69. The normalized spacial score (nSPS) is 10.4. The van der Waals surface area contributed by atoms with Crippen LogP contribution >= 0.6 is 0 Å². The quantitative estimate of drug-likeness (QED) is 0.798. The van der Waals surface area contributed by atoms with Crippen LogP contribution in [0, 0.1) is 0 Å². The molecule has 6 heteroatoms. The highest BCUT2D eigenvalue weighted by Gasteiger charge is 2.06. The third kappa shape index (κ3) is 3.73. The highest BCUT2D eigenvalue weighted by molar-refractivity contribution is 5.92. The molecule has 120 valence electrons. The van der Waals surface area contributed by atoms with Crippen LogP contribution in [0.5, 0.6) is 0 Å². The van der Waals surface area contributed by atoms with E-state index in [-0.39, 0.29) is 17.9 Å². The van der Waals surface area contributed by atoms with Crippen LogP contribution in [-0.2, 0) is 18.3 Å². The summed E-state index contributed by atoms with van der Waals surface area (Å²) in [6, 6.07) is 14.3. The predicted molar refractivity (Wildman–Crippen MR) is 91.5 cm³/mol. The minimum absolute atomic E-state index is 0.101. The van der Waals surface area contributed by atoms with E-state index in [0.29, 0.717) is 11.4 Å². The van der Waals surface area contributed by atoms with Crippen LogP contribution in [0.25, 0.3) is 11.3 Å². The van der Waals surface area contributed by atoms with Crippen LogP contribution in [0.3, 0.4) is 0 Å². The van der Waals surface area contributed by atoms with Crippen molar-refractivity contribution in [1.29, 1.82) is 0 Å². The molecule has 0 saturated heterocycles. The average Bonchev–Trinajstić information content (AvgIpc) is 2.59. The van der Waals surface area contributed by atoms with Gasteiger partial charge in [-0.25, -0.2) is 4.68 Å². The summed E-state index contributed by atoms with van der Waals surface area (Å²) in [7, 11) is 1.61. The van der Waals surface area contributed by atoms with Gasteiger partial charge < -0.3 is 5.32 Å². The molecule has 1 amide bonds. The molecule has 3 rings (SSSR count). The van der Waals surface area contributed by atoms with Gasteiger partial charge in [-0.2, -0.15) is 5.10 Å². The third-order valence-electron chi connectivity index (χ3n) is 3.52. The van der Waals surface area contributed by atoms with E-state index < -0.39 is 0 Å². The van der Waals surface area contributed by atoms with Crippen molar-refractivity contribution in [2.45, 2.75) is 6.42 Å². The molecule has 1 N–H and O–H groups in total. The minimum atomic E-state index is -0.151. The Labute approximate surface area is 138 Å². The molecule has 0 radical (unpaired) electrons. The molecule has 0 spiro atoms. The molecule has 0 aliphatic heterocycles. The zero-order valence-electron chi connectivity index (χ0n) is 13.1. The van der Waals surface area contributed by atoms with E-state index in [2.05, 4.69) is 15.4 Å². The smallest absolute Gasteiger partial charge is 0.266 e. The molecule has 1 aromatic carbocycles. The molecular weight excluding hydrogens is 304 g/mol. The Morgan fingerprint density at radius 2 is 1.92 bits per heavy atom. The number of hydrogen-bond donors (Lipinski definition) is 1. The second-order valence-corrected chi connectivity index (χ2v) is 5.34. The van der Waals surface area contributed by atoms with Gasteiger partial charge in [0.05, 0.1) is 24.0 Å². The number of aryl methyl sites for hydroxylation is 1. The van der Waals surface area contributed by atoms with Gasteiger partial charge in [-0.1, -0.05) is 24.3 Å². The Hall–Kier alpha value is -3.28. The Kier molecular flexibility index (Phi) is 4.47. The van der Waals surface area contributed by atoms with E-state index in [1.54, 1.807) is 37.6 Å². The lowest BCUT2D eigenvalue weighted by Crippen LogP contribution is -2.18. The number of nitrogens with zero attached hydrogens (tertiary/aromatic N) is 3. The monoisotopic (exact) mass is 320 g/mol. The van der Waals surface area contributed by atoms with E-state index in [4.69, 9.17) is 0 Å². The maximum absolute atomic E-state index is 12.0. The number of carbonyl (C=O) groups is 1. The summed E-state index contributed by atoms with van der Waals surface area (Å²) in [5, 5.41) is 7.01. The fraction of sp³-hybridized carbons (Fsp3) is 0.111. The fourth-order valence-electron chi connectivity index (χ4n) is 2.28. The van der Waals surface area contributed by atoms with Crippen molar-refractivity contribution in [3.63, 3.8) is 0 Å². The zero-order valence-corrected chi connectivity index (χ0v) is 13.1. The largest absolute Gasteiger partial charge is 0.324 e. The molecule has 6 nitrogen and oxygen atoms in total. The number of pyridine rings is 1. The Morgan fingerprint density at radius 3 is 2.58 bits per heavy atom. The molecule has 3 aromatic rings. The van der Waals surface area contributed by atoms with Gasteiger partial charge in [-0.3, -0.25) is 14.6 Å². The molecule has 0 unspecified atom stereocenters. The zero-order chi connectivity index (χ0) is 16.9. The van der Waals surface area contributed by atoms with Crippen molar-refractivity contribution >= 4 is 11.6 Å². The van der Waals surface area contributed by atoms with Crippen molar-refractivity contribution in [2.24, 2.45) is 7.05 Å². The summed E-state index contributed by atoms with van der Waals surface area (Å²) in [4.78, 5) is 27.4. The van der Waals surface area contributed by atoms with Gasteiger partial charge >= 0.3 is 0 Å². The molecule has 0 fully saturated rings. The van der Waals surface area contributed by atoms with Gasteiger partial charge in [0.25, 0.3) is 5.56 Å². The summed E-state index contributed by atoms with van der Waals surface area (Å²) in [5.74, 6) is -0.101. The third-order valence-corrected chi connectivity index (χ3v) is 3.52.